The fourth-order valence-corrected chi connectivity index (χ4v) is 1.77. The molecule has 0 fully saturated rings. The second kappa shape index (κ2) is 5.43. The first-order valence-electron chi connectivity index (χ1n) is 5.84. The van der Waals surface area contributed by atoms with Gasteiger partial charge < -0.3 is 15.5 Å². The number of phenolic OH excluding ortho intramolecular Hbond substituents is 2. The lowest BCUT2D eigenvalue weighted by atomic mass is 10.1. The Labute approximate surface area is 110 Å². The van der Waals surface area contributed by atoms with Crippen molar-refractivity contribution in [2.24, 2.45) is 7.05 Å². The number of aryl methyl sites for hydroxylation is 1. The third kappa shape index (κ3) is 3.04. The minimum Gasteiger partial charge on any atom is -0.507 e. The van der Waals surface area contributed by atoms with Gasteiger partial charge >= 0.3 is 0 Å². The molecule has 6 heteroatoms. The third-order valence-corrected chi connectivity index (χ3v) is 2.71. The molecule has 1 aromatic carbocycles. The fraction of sp³-hybridized carbons (Fsp3) is 0.231. The van der Waals surface area contributed by atoms with Crippen LogP contribution in [-0.2, 0) is 13.5 Å². The van der Waals surface area contributed by atoms with Crippen LogP contribution in [0.3, 0.4) is 0 Å². The molecule has 0 aliphatic heterocycles. The molecule has 6 nitrogen and oxygen atoms in total. The second-order valence-electron chi connectivity index (χ2n) is 4.20. The molecule has 0 radical (unpaired) electrons. The zero-order valence-corrected chi connectivity index (χ0v) is 10.5. The van der Waals surface area contributed by atoms with Crippen LogP contribution in [0.1, 0.15) is 15.9 Å². The van der Waals surface area contributed by atoms with Crippen LogP contribution < -0.4 is 5.32 Å². The number of rotatable bonds is 4. The van der Waals surface area contributed by atoms with E-state index in [1.54, 1.807) is 10.9 Å². The van der Waals surface area contributed by atoms with Gasteiger partial charge in [0, 0.05) is 19.8 Å². The van der Waals surface area contributed by atoms with Gasteiger partial charge in [-0.1, -0.05) is 6.07 Å². The molecule has 0 unspecified atom stereocenters. The van der Waals surface area contributed by atoms with Crippen LogP contribution in [0.15, 0.2) is 30.6 Å². The molecule has 0 saturated carbocycles. The number of aromatic hydroxyl groups is 2. The molecule has 1 heterocycles. The van der Waals surface area contributed by atoms with E-state index in [4.69, 9.17) is 0 Å². The predicted molar refractivity (Wildman–Crippen MR) is 69.0 cm³/mol. The largest absolute Gasteiger partial charge is 0.507 e. The highest BCUT2D eigenvalue weighted by Gasteiger charge is 2.15. The summed E-state index contributed by atoms with van der Waals surface area (Å²) >= 11 is 0. The van der Waals surface area contributed by atoms with Crippen LogP contribution in [0.25, 0.3) is 0 Å². The minimum absolute atomic E-state index is 0.103. The molecule has 2 rings (SSSR count). The Kier molecular flexibility index (Phi) is 3.70. The molecule has 1 amide bonds. The van der Waals surface area contributed by atoms with Crippen LogP contribution in [0.2, 0.25) is 0 Å². The van der Waals surface area contributed by atoms with E-state index < -0.39 is 5.91 Å². The Bertz CT molecular complexity index is 572. The number of phenols is 2. The number of benzene rings is 1. The molecule has 0 aliphatic rings. The van der Waals surface area contributed by atoms with Gasteiger partial charge in [-0.2, -0.15) is 5.10 Å². The average molecular weight is 261 g/mol. The molecule has 19 heavy (non-hydrogen) atoms. The van der Waals surface area contributed by atoms with Gasteiger partial charge in [0.15, 0.2) is 0 Å². The van der Waals surface area contributed by atoms with E-state index in [1.807, 2.05) is 13.2 Å². The summed E-state index contributed by atoms with van der Waals surface area (Å²) in [5.74, 6) is -0.975. The van der Waals surface area contributed by atoms with Crippen LogP contribution in [-0.4, -0.2) is 32.4 Å². The van der Waals surface area contributed by atoms with Gasteiger partial charge in [-0.3, -0.25) is 9.48 Å². The van der Waals surface area contributed by atoms with Crippen molar-refractivity contribution in [3.05, 3.63) is 41.7 Å². The molecule has 100 valence electrons. The van der Waals surface area contributed by atoms with Gasteiger partial charge in [-0.25, -0.2) is 0 Å². The summed E-state index contributed by atoms with van der Waals surface area (Å²) in [7, 11) is 1.82. The summed E-state index contributed by atoms with van der Waals surface area (Å²) in [6.45, 7) is 0.401. The maximum Gasteiger partial charge on any atom is 0.258 e. The Morgan fingerprint density at radius 3 is 2.63 bits per heavy atom. The molecular weight excluding hydrogens is 246 g/mol. The van der Waals surface area contributed by atoms with Gasteiger partial charge in [0.2, 0.25) is 0 Å². The molecule has 1 aromatic heterocycles. The molecule has 3 N–H and O–H groups in total. The van der Waals surface area contributed by atoms with Gasteiger partial charge in [-0.05, 0) is 24.1 Å². The lowest BCUT2D eigenvalue weighted by Gasteiger charge is -2.07. The number of hydrogen-bond donors (Lipinski definition) is 3. The summed E-state index contributed by atoms with van der Waals surface area (Å²) in [6.07, 6.45) is 4.22. The maximum absolute atomic E-state index is 11.8. The van der Waals surface area contributed by atoms with E-state index in [-0.39, 0.29) is 17.1 Å². The Balaban J connectivity index is 1.94. The molecule has 2 aromatic rings. The standard InChI is InChI=1S/C13H15N3O3/c1-16-8-9(7-15-16)5-6-14-13(19)12-10(17)3-2-4-11(12)18/h2-4,7-8,17-18H,5-6H2,1H3,(H,14,19). The van der Waals surface area contributed by atoms with Crippen molar-refractivity contribution in [3.8, 4) is 11.5 Å². The first-order chi connectivity index (χ1) is 9.08. The molecular formula is C13H15N3O3. The van der Waals surface area contributed by atoms with E-state index in [9.17, 15) is 15.0 Å². The van der Waals surface area contributed by atoms with E-state index in [1.165, 1.54) is 18.2 Å². The number of hydrogen-bond acceptors (Lipinski definition) is 4. The van der Waals surface area contributed by atoms with Gasteiger partial charge in [0.1, 0.15) is 17.1 Å². The quantitative estimate of drug-likeness (QED) is 0.759. The second-order valence-corrected chi connectivity index (χ2v) is 4.20. The summed E-state index contributed by atoms with van der Waals surface area (Å²) < 4.78 is 1.69. The lowest BCUT2D eigenvalue weighted by Crippen LogP contribution is -2.25. The van der Waals surface area contributed by atoms with Crippen LogP contribution in [0.4, 0.5) is 0 Å². The lowest BCUT2D eigenvalue weighted by molar-refractivity contribution is 0.0948. The average Bonchev–Trinajstić information content (AvgIpc) is 2.75. The van der Waals surface area contributed by atoms with E-state index in [2.05, 4.69) is 10.4 Å². The Hall–Kier alpha value is -2.50. The maximum atomic E-state index is 11.8. The zero-order valence-electron chi connectivity index (χ0n) is 10.5. The van der Waals surface area contributed by atoms with Crippen LogP contribution in [0.5, 0.6) is 11.5 Å². The highest BCUT2D eigenvalue weighted by Crippen LogP contribution is 2.25. The number of carbonyl (C=O) groups is 1. The molecule has 0 spiro atoms. The number of aromatic nitrogens is 2. The highest BCUT2D eigenvalue weighted by atomic mass is 16.3. The predicted octanol–water partition coefficient (Wildman–Crippen LogP) is 0.804. The first-order valence-corrected chi connectivity index (χ1v) is 5.84. The zero-order chi connectivity index (χ0) is 13.8. The van der Waals surface area contributed by atoms with Gasteiger partial charge in [0.25, 0.3) is 5.91 Å². The van der Waals surface area contributed by atoms with Gasteiger partial charge in [0.05, 0.1) is 6.20 Å². The summed E-state index contributed by atoms with van der Waals surface area (Å²) in [6, 6.07) is 4.18. The van der Waals surface area contributed by atoms with Crippen LogP contribution >= 0.6 is 0 Å². The summed E-state index contributed by atoms with van der Waals surface area (Å²) in [5, 5.41) is 25.8. The minimum atomic E-state index is -0.500. The first kappa shape index (κ1) is 12.9. The Morgan fingerprint density at radius 2 is 2.05 bits per heavy atom. The van der Waals surface area contributed by atoms with Crippen molar-refractivity contribution in [1.82, 2.24) is 15.1 Å². The monoisotopic (exact) mass is 261 g/mol. The van der Waals surface area contributed by atoms with Crippen molar-refractivity contribution in [1.29, 1.82) is 0 Å². The van der Waals surface area contributed by atoms with Gasteiger partial charge in [-0.15, -0.1) is 0 Å². The topological polar surface area (TPSA) is 87.4 Å². The van der Waals surface area contributed by atoms with Crippen molar-refractivity contribution >= 4 is 5.91 Å². The van der Waals surface area contributed by atoms with E-state index in [0.29, 0.717) is 13.0 Å². The fourth-order valence-electron chi connectivity index (χ4n) is 1.77. The highest BCUT2D eigenvalue weighted by molar-refractivity contribution is 5.99. The third-order valence-electron chi connectivity index (χ3n) is 2.71. The molecule has 0 aliphatic carbocycles. The Morgan fingerprint density at radius 1 is 1.37 bits per heavy atom. The van der Waals surface area contributed by atoms with Crippen LogP contribution in [0, 0.1) is 0 Å². The smallest absolute Gasteiger partial charge is 0.258 e. The summed E-state index contributed by atoms with van der Waals surface area (Å²) in [4.78, 5) is 11.8. The summed E-state index contributed by atoms with van der Waals surface area (Å²) in [5.41, 5.74) is 0.901. The van der Waals surface area contributed by atoms with E-state index >= 15 is 0 Å². The van der Waals surface area contributed by atoms with Crippen molar-refractivity contribution in [2.75, 3.05) is 6.54 Å². The van der Waals surface area contributed by atoms with E-state index in [0.717, 1.165) is 5.56 Å². The van der Waals surface area contributed by atoms with Crippen molar-refractivity contribution in [2.45, 2.75) is 6.42 Å². The molecule has 0 saturated heterocycles. The normalized spacial score (nSPS) is 10.4. The number of carbonyl (C=O) groups excluding carboxylic acids is 1. The van der Waals surface area contributed by atoms with Crippen molar-refractivity contribution < 1.29 is 15.0 Å². The van der Waals surface area contributed by atoms with Crippen molar-refractivity contribution in [3.63, 3.8) is 0 Å². The number of nitrogens with one attached hydrogen (secondary N) is 1. The molecule has 0 atom stereocenters. The molecule has 0 bridgehead atoms. The SMILES string of the molecule is Cn1cc(CCNC(=O)c2c(O)cccc2O)cn1. The number of amides is 1. The number of nitrogens with zero attached hydrogens (tertiary/aromatic N) is 2.